The maximum Gasteiger partial charge on any atom is 0.162 e. The molecule has 3 nitrogen and oxygen atoms in total. The van der Waals surface area contributed by atoms with Crippen LogP contribution in [-0.4, -0.2) is 13.7 Å². The molecule has 0 saturated heterocycles. The minimum atomic E-state index is -0.213. The number of methoxy groups -OCH3 is 1. The molecular weight excluding hydrogens is 457 g/mol. The second-order valence-electron chi connectivity index (χ2n) is 6.53. The Morgan fingerprint density at radius 2 is 1.76 bits per heavy atom. The largest absolute Gasteiger partial charge is 0.493 e. The van der Waals surface area contributed by atoms with Gasteiger partial charge in [0.15, 0.2) is 11.5 Å². The van der Waals surface area contributed by atoms with Crippen LogP contribution in [0.3, 0.4) is 0 Å². The van der Waals surface area contributed by atoms with Crippen LogP contribution in [0.4, 0.5) is 4.39 Å². The van der Waals surface area contributed by atoms with Gasteiger partial charge in [-0.2, -0.15) is 0 Å². The molecule has 0 saturated carbocycles. The van der Waals surface area contributed by atoms with Gasteiger partial charge in [0.05, 0.1) is 7.11 Å². The van der Waals surface area contributed by atoms with E-state index < -0.39 is 0 Å². The van der Waals surface area contributed by atoms with Gasteiger partial charge in [-0.1, -0.05) is 57.9 Å². The fraction of sp³-hybridized carbons (Fsp3) is 0.217. The first-order chi connectivity index (χ1) is 14.1. The summed E-state index contributed by atoms with van der Waals surface area (Å²) in [5.74, 6) is 1.10. The van der Waals surface area contributed by atoms with Crippen molar-refractivity contribution < 1.29 is 13.9 Å². The van der Waals surface area contributed by atoms with Gasteiger partial charge in [-0.15, -0.1) is 0 Å². The quantitative estimate of drug-likeness (QED) is 0.374. The lowest BCUT2D eigenvalue weighted by molar-refractivity contribution is 0.284. The van der Waals surface area contributed by atoms with E-state index in [-0.39, 0.29) is 5.82 Å². The van der Waals surface area contributed by atoms with Crippen LogP contribution in [0.25, 0.3) is 0 Å². The molecule has 6 heteroatoms. The molecule has 152 valence electrons. The third-order valence-electron chi connectivity index (χ3n) is 4.49. The summed E-state index contributed by atoms with van der Waals surface area (Å²) in [7, 11) is 1.62. The van der Waals surface area contributed by atoms with Gasteiger partial charge in [-0.3, -0.25) is 0 Å². The Kier molecular flexibility index (Phi) is 7.92. The highest BCUT2D eigenvalue weighted by Crippen LogP contribution is 2.34. The van der Waals surface area contributed by atoms with Gasteiger partial charge in [0, 0.05) is 21.6 Å². The summed E-state index contributed by atoms with van der Waals surface area (Å²) < 4.78 is 25.3. The molecule has 0 atom stereocenters. The van der Waals surface area contributed by atoms with Gasteiger partial charge in [-0.25, -0.2) is 4.39 Å². The van der Waals surface area contributed by atoms with Gasteiger partial charge in [0.2, 0.25) is 0 Å². The van der Waals surface area contributed by atoms with Crippen LogP contribution in [0.15, 0.2) is 65.1 Å². The third-order valence-corrected chi connectivity index (χ3v) is 5.60. The summed E-state index contributed by atoms with van der Waals surface area (Å²) in [5, 5.41) is 4.08. The molecule has 0 radical (unpaired) electrons. The molecule has 0 aliphatic rings. The molecule has 3 aromatic rings. The maximum atomic E-state index is 13.0. The molecule has 0 amide bonds. The summed E-state index contributed by atoms with van der Waals surface area (Å²) in [4.78, 5) is 0. The zero-order valence-corrected chi connectivity index (χ0v) is 18.4. The molecule has 1 N–H and O–H groups in total. The highest BCUT2D eigenvalue weighted by Gasteiger charge is 2.11. The molecule has 29 heavy (non-hydrogen) atoms. The first kappa shape index (κ1) is 21.6. The number of hydrogen-bond donors (Lipinski definition) is 1. The lowest BCUT2D eigenvalue weighted by Crippen LogP contribution is -2.17. The minimum absolute atomic E-state index is 0.213. The SMILES string of the molecule is COc1cc(CNCCc2ccc(F)cc2)c(Br)cc1OCc1ccccc1Cl. The van der Waals surface area contributed by atoms with Crippen molar-refractivity contribution in [2.75, 3.05) is 13.7 Å². The maximum absolute atomic E-state index is 13.0. The zero-order valence-electron chi connectivity index (χ0n) is 16.1. The number of halogens is 3. The smallest absolute Gasteiger partial charge is 0.162 e. The number of rotatable bonds is 9. The molecular formula is C23H22BrClFNO2. The summed E-state index contributed by atoms with van der Waals surface area (Å²) in [6, 6.07) is 18.0. The fourth-order valence-electron chi connectivity index (χ4n) is 2.86. The fourth-order valence-corrected chi connectivity index (χ4v) is 3.52. The molecule has 0 aliphatic carbocycles. The van der Waals surface area contributed by atoms with E-state index in [1.54, 1.807) is 19.2 Å². The lowest BCUT2D eigenvalue weighted by atomic mass is 10.1. The van der Waals surface area contributed by atoms with Crippen molar-refractivity contribution in [3.63, 3.8) is 0 Å². The predicted octanol–water partition coefficient (Wildman–Crippen LogP) is 6.16. The van der Waals surface area contributed by atoms with E-state index in [0.29, 0.717) is 29.7 Å². The van der Waals surface area contributed by atoms with Crippen LogP contribution in [0.1, 0.15) is 16.7 Å². The van der Waals surface area contributed by atoms with E-state index in [1.807, 2.05) is 36.4 Å². The third kappa shape index (κ3) is 6.20. The van der Waals surface area contributed by atoms with Crippen molar-refractivity contribution in [1.82, 2.24) is 5.32 Å². The Balaban J connectivity index is 1.58. The second kappa shape index (κ2) is 10.6. The molecule has 0 fully saturated rings. The number of ether oxygens (including phenoxy) is 2. The Morgan fingerprint density at radius 3 is 2.48 bits per heavy atom. The molecule has 3 aromatic carbocycles. The average Bonchev–Trinajstić information content (AvgIpc) is 2.73. The lowest BCUT2D eigenvalue weighted by Gasteiger charge is -2.15. The molecule has 0 heterocycles. The van der Waals surface area contributed by atoms with Crippen LogP contribution < -0.4 is 14.8 Å². The van der Waals surface area contributed by atoms with E-state index in [2.05, 4.69) is 21.2 Å². The van der Waals surface area contributed by atoms with Gasteiger partial charge >= 0.3 is 0 Å². The van der Waals surface area contributed by atoms with E-state index in [9.17, 15) is 4.39 Å². The van der Waals surface area contributed by atoms with Crippen molar-refractivity contribution in [1.29, 1.82) is 0 Å². The minimum Gasteiger partial charge on any atom is -0.493 e. The van der Waals surface area contributed by atoms with Gasteiger partial charge in [0.25, 0.3) is 0 Å². The van der Waals surface area contributed by atoms with Crippen molar-refractivity contribution in [3.05, 3.63) is 92.7 Å². The summed E-state index contributed by atoms with van der Waals surface area (Å²) in [6.07, 6.45) is 0.827. The second-order valence-corrected chi connectivity index (χ2v) is 7.79. The van der Waals surface area contributed by atoms with Gasteiger partial charge in [-0.05, 0) is 54.4 Å². The van der Waals surface area contributed by atoms with Crippen molar-refractivity contribution in [2.24, 2.45) is 0 Å². The van der Waals surface area contributed by atoms with Crippen LogP contribution in [0.2, 0.25) is 5.02 Å². The zero-order chi connectivity index (χ0) is 20.6. The average molecular weight is 479 g/mol. The van der Waals surface area contributed by atoms with E-state index in [4.69, 9.17) is 21.1 Å². The first-order valence-electron chi connectivity index (χ1n) is 9.24. The Morgan fingerprint density at radius 1 is 1.00 bits per heavy atom. The summed E-state index contributed by atoms with van der Waals surface area (Å²) >= 11 is 9.81. The topological polar surface area (TPSA) is 30.5 Å². The standard InChI is InChI=1S/C23H22BrClFNO2/c1-28-22-12-18(14-27-11-10-16-6-8-19(26)9-7-16)20(24)13-23(22)29-15-17-4-2-3-5-21(17)25/h2-9,12-13,27H,10-11,14-15H2,1H3. The van der Waals surface area contributed by atoms with Crippen molar-refractivity contribution in [3.8, 4) is 11.5 Å². The highest BCUT2D eigenvalue weighted by atomic mass is 79.9. The van der Waals surface area contributed by atoms with E-state index in [1.165, 1.54) is 12.1 Å². The van der Waals surface area contributed by atoms with E-state index >= 15 is 0 Å². The van der Waals surface area contributed by atoms with Crippen LogP contribution >= 0.6 is 27.5 Å². The molecule has 0 unspecified atom stereocenters. The molecule has 0 bridgehead atoms. The molecule has 0 spiro atoms. The number of benzene rings is 3. The van der Waals surface area contributed by atoms with Gasteiger partial charge < -0.3 is 14.8 Å². The molecule has 3 rings (SSSR count). The summed E-state index contributed by atoms with van der Waals surface area (Å²) in [5.41, 5.74) is 3.07. The van der Waals surface area contributed by atoms with Gasteiger partial charge in [0.1, 0.15) is 12.4 Å². The number of hydrogen-bond acceptors (Lipinski definition) is 3. The first-order valence-corrected chi connectivity index (χ1v) is 10.4. The van der Waals surface area contributed by atoms with E-state index in [0.717, 1.165) is 34.1 Å². The van der Waals surface area contributed by atoms with Crippen LogP contribution in [-0.2, 0) is 19.6 Å². The molecule has 0 aliphatic heterocycles. The highest BCUT2D eigenvalue weighted by molar-refractivity contribution is 9.10. The predicted molar refractivity (Wildman–Crippen MR) is 118 cm³/mol. The Labute approximate surface area is 183 Å². The molecule has 0 aromatic heterocycles. The summed E-state index contributed by atoms with van der Waals surface area (Å²) in [6.45, 7) is 1.81. The van der Waals surface area contributed by atoms with Crippen molar-refractivity contribution >= 4 is 27.5 Å². The van der Waals surface area contributed by atoms with Crippen molar-refractivity contribution in [2.45, 2.75) is 19.6 Å². The monoisotopic (exact) mass is 477 g/mol. The normalized spacial score (nSPS) is 10.8. The van der Waals surface area contributed by atoms with Crippen LogP contribution in [0.5, 0.6) is 11.5 Å². The number of nitrogens with one attached hydrogen (secondary N) is 1. The Bertz CT molecular complexity index is 950. The van der Waals surface area contributed by atoms with Crippen LogP contribution in [0, 0.1) is 5.82 Å². The Hall–Kier alpha value is -2.08.